The summed E-state index contributed by atoms with van der Waals surface area (Å²) in [4.78, 5) is 11.9. The Morgan fingerprint density at radius 3 is 2.29 bits per heavy atom. The van der Waals surface area contributed by atoms with E-state index in [1.54, 1.807) is 12.1 Å². The van der Waals surface area contributed by atoms with E-state index in [4.69, 9.17) is 11.6 Å². The van der Waals surface area contributed by atoms with Gasteiger partial charge in [-0.1, -0.05) is 0 Å². The molecule has 86 valence electrons. The summed E-state index contributed by atoms with van der Waals surface area (Å²) in [5, 5.41) is 0.675. The van der Waals surface area contributed by atoms with Crippen molar-refractivity contribution >= 4 is 50.4 Å². The molecule has 0 aromatic heterocycles. The van der Waals surface area contributed by atoms with E-state index in [-0.39, 0.29) is 35.1 Å². The average molecular weight is 423 g/mol. The third-order valence-electron chi connectivity index (χ3n) is 2.04. The zero-order valence-electron chi connectivity index (χ0n) is 8.80. The summed E-state index contributed by atoms with van der Waals surface area (Å²) in [5.74, 6) is 0. The minimum atomic E-state index is -0.351. The Kier molecular flexibility index (Phi) is 5.10. The molecule has 0 N–H and O–H groups in total. The van der Waals surface area contributed by atoms with Crippen LogP contribution in [0.5, 0.6) is 0 Å². The molecule has 2 aromatic carbocycles. The number of carbonyl (C=O) groups excluding carboxylic acids is 1. The monoisotopic (exact) mass is 426 g/mol. The fraction of sp³-hybridized carbons (Fsp3) is 0. The van der Waals surface area contributed by atoms with Gasteiger partial charge in [-0.15, -0.1) is 0 Å². The molecule has 0 aliphatic carbocycles. The summed E-state index contributed by atoms with van der Waals surface area (Å²) in [6, 6.07) is 17.4. The fourth-order valence-electron chi connectivity index (χ4n) is 1.20. The van der Waals surface area contributed by atoms with Gasteiger partial charge in [-0.05, 0) is 0 Å². The van der Waals surface area contributed by atoms with Crippen molar-refractivity contribution in [3.8, 4) is 0 Å². The number of benzene rings is 2. The normalized spacial score (nSPS) is 10.2. The molecule has 2 aromatic rings. The third-order valence-corrected chi connectivity index (χ3v) is 10.8. The number of halogens is 1. The molecule has 0 fully saturated rings. The molecule has 1 nitrogen and oxygen atoms in total. The summed E-state index contributed by atoms with van der Waals surface area (Å²) in [5.41, 5.74) is 0.787. The van der Waals surface area contributed by atoms with Gasteiger partial charge in [0.1, 0.15) is 0 Å². The van der Waals surface area contributed by atoms with Crippen molar-refractivity contribution in [3.05, 3.63) is 65.2 Å². The second-order valence-corrected chi connectivity index (χ2v) is 11.5. The summed E-state index contributed by atoms with van der Waals surface area (Å²) < 4.78 is 1.63. The first-order valence-electron chi connectivity index (χ1n) is 4.95. The summed E-state index contributed by atoms with van der Waals surface area (Å²) >= 11 is 5.52. The molecule has 0 radical (unpaired) electrons. The van der Waals surface area contributed by atoms with Crippen molar-refractivity contribution in [2.75, 3.05) is 0 Å². The van der Waals surface area contributed by atoms with Crippen LogP contribution in [0.3, 0.4) is 0 Å². The molecule has 4 heteroatoms. The Hall–Kier alpha value is -0.291. The van der Waals surface area contributed by atoms with Crippen LogP contribution < -0.4 is 3.61 Å². The minimum absolute atomic E-state index is 0.0836. The van der Waals surface area contributed by atoms with E-state index in [2.05, 4.69) is 12.1 Å². The Morgan fingerprint density at radius 1 is 1.00 bits per heavy atom. The van der Waals surface area contributed by atoms with Crippen LogP contribution in [0.15, 0.2) is 54.6 Å². The molecule has 0 atom stereocenters. The van der Waals surface area contributed by atoms with Gasteiger partial charge in [0, 0.05) is 0 Å². The van der Waals surface area contributed by atoms with Gasteiger partial charge in [0.05, 0.1) is 0 Å². The van der Waals surface area contributed by atoms with Crippen LogP contribution in [0.25, 0.3) is 0 Å². The van der Waals surface area contributed by atoms with E-state index in [1.165, 1.54) is 3.61 Å². The second kappa shape index (κ2) is 6.59. The predicted octanol–water partition coefficient (Wildman–Crippen LogP) is 2.13. The van der Waals surface area contributed by atoms with Crippen LogP contribution in [-0.4, -0.2) is 35.1 Å². The number of rotatable bonds is 4. The van der Waals surface area contributed by atoms with Crippen molar-refractivity contribution in [1.29, 1.82) is 0 Å². The predicted molar refractivity (Wildman–Crippen MR) is 73.4 cm³/mol. The quantitative estimate of drug-likeness (QED) is 0.689. The Balaban J connectivity index is 1.96. The zero-order chi connectivity index (χ0) is 12.1. The van der Waals surface area contributed by atoms with E-state index < -0.39 is 0 Å². The van der Waals surface area contributed by atoms with Gasteiger partial charge in [0.2, 0.25) is 0 Å². The van der Waals surface area contributed by atoms with Gasteiger partial charge in [-0.25, -0.2) is 0 Å². The van der Waals surface area contributed by atoms with Gasteiger partial charge >= 0.3 is 120 Å². The van der Waals surface area contributed by atoms with Crippen LogP contribution in [0.1, 0.15) is 10.4 Å². The van der Waals surface area contributed by atoms with Crippen molar-refractivity contribution in [2.24, 2.45) is 0 Å². The van der Waals surface area contributed by atoms with E-state index in [0.29, 0.717) is 5.02 Å². The topological polar surface area (TPSA) is 17.1 Å². The maximum atomic E-state index is 11.9. The van der Waals surface area contributed by atoms with Crippen molar-refractivity contribution < 1.29 is 4.79 Å². The molecule has 0 bridgehead atoms. The van der Waals surface area contributed by atoms with Crippen LogP contribution in [-0.2, 0) is 0 Å². The molecule has 0 heterocycles. The first-order chi connectivity index (χ1) is 8.25. The Bertz CT molecular complexity index is 499. The second-order valence-electron chi connectivity index (χ2n) is 3.27. The molecule has 0 unspecified atom stereocenters. The van der Waals surface area contributed by atoms with E-state index in [9.17, 15) is 4.79 Å². The molecular weight excluding hydrogens is 414 g/mol. The zero-order valence-corrected chi connectivity index (χ0v) is 13.6. The van der Waals surface area contributed by atoms with Crippen molar-refractivity contribution in [1.82, 2.24) is 0 Å². The van der Waals surface area contributed by atoms with Gasteiger partial charge < -0.3 is 0 Å². The van der Waals surface area contributed by atoms with Crippen molar-refractivity contribution in [3.63, 3.8) is 0 Å². The summed E-state index contributed by atoms with van der Waals surface area (Å²) in [6.07, 6.45) is 0. The van der Waals surface area contributed by atoms with Crippen LogP contribution in [0, 0.1) is 0 Å². The van der Waals surface area contributed by atoms with E-state index in [0.717, 1.165) is 5.56 Å². The van der Waals surface area contributed by atoms with Crippen LogP contribution in [0.4, 0.5) is 0 Å². The van der Waals surface area contributed by atoms with Gasteiger partial charge in [-0.3, -0.25) is 0 Å². The molecular formula is C13H9ClOSeTe. The van der Waals surface area contributed by atoms with Crippen molar-refractivity contribution in [2.45, 2.75) is 0 Å². The molecule has 0 aliphatic heterocycles. The molecule has 0 saturated heterocycles. The Labute approximate surface area is 119 Å². The van der Waals surface area contributed by atoms with Crippen LogP contribution >= 0.6 is 11.6 Å². The number of hydrogen-bond donors (Lipinski definition) is 0. The Morgan fingerprint density at radius 2 is 1.65 bits per heavy atom. The first kappa shape index (κ1) is 13.1. The average Bonchev–Trinajstić information content (AvgIpc) is 2.38. The molecule has 0 spiro atoms. The third kappa shape index (κ3) is 4.14. The summed E-state index contributed by atoms with van der Waals surface area (Å²) in [7, 11) is 0. The first-order valence-corrected chi connectivity index (χ1v) is 13.0. The van der Waals surface area contributed by atoms with E-state index >= 15 is 0 Å². The van der Waals surface area contributed by atoms with E-state index in [1.807, 2.05) is 30.3 Å². The number of hydrogen-bond acceptors (Lipinski definition) is 1. The molecule has 0 amide bonds. The van der Waals surface area contributed by atoms with Crippen LogP contribution in [0.2, 0.25) is 5.02 Å². The summed E-state index contributed by atoms with van der Waals surface area (Å²) in [6.45, 7) is 0. The maximum absolute atomic E-state index is 11.9. The molecule has 0 aliphatic rings. The fourth-order valence-corrected chi connectivity index (χ4v) is 8.48. The molecule has 2 rings (SSSR count). The standard InChI is InChI=1S/C13H9ClOSeTe/c14-11-8-6-10(7-9-11)13(15)16-17-12-4-2-1-3-5-12/h1-9H. The SMILES string of the molecule is O=C([Se][Te]c1ccccc1)c1ccc(Cl)cc1. The van der Waals surface area contributed by atoms with Gasteiger partial charge in [0.15, 0.2) is 0 Å². The number of carbonyl (C=O) groups is 1. The molecule has 17 heavy (non-hydrogen) atoms. The molecule has 0 saturated carbocycles. The van der Waals surface area contributed by atoms with Gasteiger partial charge in [-0.2, -0.15) is 0 Å². The van der Waals surface area contributed by atoms with Gasteiger partial charge in [0.25, 0.3) is 0 Å².